The monoisotopic (exact) mass is 304 g/mol. The van der Waals surface area contributed by atoms with Crippen LogP contribution in [0.4, 0.5) is 4.39 Å². The Morgan fingerprint density at radius 2 is 1.95 bits per heavy atom. The first-order valence-electron chi connectivity index (χ1n) is 6.78. The van der Waals surface area contributed by atoms with E-state index in [0.29, 0.717) is 17.9 Å². The number of aryl methyl sites for hydroxylation is 1. The molecule has 0 spiro atoms. The van der Waals surface area contributed by atoms with Crippen molar-refractivity contribution in [2.45, 2.75) is 24.7 Å². The first-order valence-corrected chi connectivity index (χ1v) is 7.16. The Balaban J connectivity index is 2.17. The summed E-state index contributed by atoms with van der Waals surface area (Å²) < 4.78 is 13.4. The van der Waals surface area contributed by atoms with Gasteiger partial charge in [-0.05, 0) is 53.8 Å². The maximum Gasteiger partial charge on any atom is 0.304 e. The van der Waals surface area contributed by atoms with E-state index in [4.69, 9.17) is 11.6 Å². The molecule has 3 rings (SSSR count). The van der Waals surface area contributed by atoms with Crippen molar-refractivity contribution in [3.63, 3.8) is 0 Å². The SMILES string of the molecule is O=C(O)CC1(c2ccc(Cl)cc2)CCc2cc(F)ccc21. The number of carboxylic acid groups (broad SMARTS) is 1. The minimum absolute atomic E-state index is 0.00668. The molecule has 1 aliphatic rings. The van der Waals surface area contributed by atoms with Crippen LogP contribution in [-0.4, -0.2) is 11.1 Å². The fourth-order valence-electron chi connectivity index (χ4n) is 3.33. The lowest BCUT2D eigenvalue weighted by Gasteiger charge is -2.29. The molecule has 0 bridgehead atoms. The highest BCUT2D eigenvalue weighted by Crippen LogP contribution is 2.47. The predicted octanol–water partition coefficient (Wildman–Crippen LogP) is 4.19. The first kappa shape index (κ1) is 14.1. The largest absolute Gasteiger partial charge is 0.481 e. The summed E-state index contributed by atoms with van der Waals surface area (Å²) >= 11 is 5.92. The maximum atomic E-state index is 13.4. The second kappa shape index (κ2) is 5.15. The molecular weight excluding hydrogens is 291 g/mol. The van der Waals surface area contributed by atoms with Crippen molar-refractivity contribution in [1.82, 2.24) is 0 Å². The molecule has 1 atom stereocenters. The van der Waals surface area contributed by atoms with E-state index in [2.05, 4.69) is 0 Å². The zero-order valence-electron chi connectivity index (χ0n) is 11.3. The average Bonchev–Trinajstić information content (AvgIpc) is 2.78. The molecule has 2 nitrogen and oxygen atoms in total. The van der Waals surface area contributed by atoms with E-state index < -0.39 is 11.4 Å². The molecule has 0 amide bonds. The van der Waals surface area contributed by atoms with Gasteiger partial charge in [-0.2, -0.15) is 0 Å². The Bertz CT molecular complexity index is 696. The minimum Gasteiger partial charge on any atom is -0.481 e. The van der Waals surface area contributed by atoms with Gasteiger partial charge in [-0.25, -0.2) is 4.39 Å². The fraction of sp³-hybridized carbons (Fsp3) is 0.235. The van der Waals surface area contributed by atoms with Crippen molar-refractivity contribution in [1.29, 1.82) is 0 Å². The van der Waals surface area contributed by atoms with Crippen LogP contribution in [0.5, 0.6) is 0 Å². The molecule has 0 saturated heterocycles. The maximum absolute atomic E-state index is 13.4. The second-order valence-corrected chi connectivity index (χ2v) is 5.90. The molecule has 0 saturated carbocycles. The zero-order chi connectivity index (χ0) is 15.0. The van der Waals surface area contributed by atoms with Crippen LogP contribution in [0.1, 0.15) is 29.5 Å². The fourth-order valence-corrected chi connectivity index (χ4v) is 3.46. The molecule has 0 radical (unpaired) electrons. The number of halogens is 2. The van der Waals surface area contributed by atoms with Gasteiger partial charge in [-0.15, -0.1) is 0 Å². The van der Waals surface area contributed by atoms with E-state index in [1.807, 2.05) is 12.1 Å². The van der Waals surface area contributed by atoms with Crippen molar-refractivity contribution >= 4 is 17.6 Å². The molecule has 4 heteroatoms. The molecule has 1 aliphatic carbocycles. The van der Waals surface area contributed by atoms with Gasteiger partial charge >= 0.3 is 5.97 Å². The van der Waals surface area contributed by atoms with Crippen LogP contribution in [0.3, 0.4) is 0 Å². The van der Waals surface area contributed by atoms with Crippen molar-refractivity contribution in [3.8, 4) is 0 Å². The molecule has 0 fully saturated rings. The molecule has 0 aromatic heterocycles. The first-order chi connectivity index (χ1) is 10.0. The topological polar surface area (TPSA) is 37.3 Å². The summed E-state index contributed by atoms with van der Waals surface area (Å²) in [4.78, 5) is 11.4. The summed E-state index contributed by atoms with van der Waals surface area (Å²) in [6, 6.07) is 11.9. The third-order valence-corrected chi connectivity index (χ3v) is 4.51. The molecule has 108 valence electrons. The number of hydrogen-bond acceptors (Lipinski definition) is 1. The van der Waals surface area contributed by atoms with Gasteiger partial charge in [0, 0.05) is 10.4 Å². The number of aliphatic carboxylic acids is 1. The Labute approximate surface area is 127 Å². The van der Waals surface area contributed by atoms with Crippen LogP contribution in [0.15, 0.2) is 42.5 Å². The number of carboxylic acids is 1. The molecule has 2 aromatic carbocycles. The summed E-state index contributed by atoms with van der Waals surface area (Å²) in [6.45, 7) is 0. The van der Waals surface area contributed by atoms with E-state index in [9.17, 15) is 14.3 Å². The van der Waals surface area contributed by atoms with Crippen LogP contribution in [-0.2, 0) is 16.6 Å². The highest BCUT2D eigenvalue weighted by Gasteiger charge is 2.42. The van der Waals surface area contributed by atoms with Gasteiger partial charge in [0.25, 0.3) is 0 Å². The van der Waals surface area contributed by atoms with Crippen molar-refractivity contribution in [2.24, 2.45) is 0 Å². The second-order valence-electron chi connectivity index (χ2n) is 5.46. The predicted molar refractivity (Wildman–Crippen MR) is 79.2 cm³/mol. The van der Waals surface area contributed by atoms with Crippen LogP contribution in [0.2, 0.25) is 5.02 Å². The Hall–Kier alpha value is -1.87. The number of rotatable bonds is 3. The van der Waals surface area contributed by atoms with Gasteiger partial charge in [-0.3, -0.25) is 4.79 Å². The summed E-state index contributed by atoms with van der Waals surface area (Å²) in [7, 11) is 0. The van der Waals surface area contributed by atoms with Gasteiger partial charge in [0.1, 0.15) is 5.82 Å². The van der Waals surface area contributed by atoms with Crippen LogP contribution >= 0.6 is 11.6 Å². The molecule has 21 heavy (non-hydrogen) atoms. The summed E-state index contributed by atoms with van der Waals surface area (Å²) in [5.74, 6) is -1.14. The van der Waals surface area contributed by atoms with E-state index in [0.717, 1.165) is 16.7 Å². The molecule has 0 heterocycles. The molecule has 2 aromatic rings. The zero-order valence-corrected chi connectivity index (χ0v) is 12.0. The van der Waals surface area contributed by atoms with Gasteiger partial charge < -0.3 is 5.11 Å². The third kappa shape index (κ3) is 2.42. The van der Waals surface area contributed by atoms with Crippen LogP contribution in [0.25, 0.3) is 0 Å². The van der Waals surface area contributed by atoms with Crippen LogP contribution in [0, 0.1) is 5.82 Å². The third-order valence-electron chi connectivity index (χ3n) is 4.25. The standard InChI is InChI=1S/C17H14ClFO2/c18-13-3-1-12(2-4-13)17(10-16(20)21)8-7-11-9-14(19)5-6-15(11)17/h1-6,9H,7-8,10H2,(H,20,21). The van der Waals surface area contributed by atoms with Crippen molar-refractivity contribution < 1.29 is 14.3 Å². The molecular formula is C17H14ClFO2. The van der Waals surface area contributed by atoms with Gasteiger partial charge in [0.05, 0.1) is 6.42 Å². The molecule has 0 aliphatic heterocycles. The van der Waals surface area contributed by atoms with E-state index in [1.165, 1.54) is 12.1 Å². The molecule has 1 unspecified atom stereocenters. The quantitative estimate of drug-likeness (QED) is 0.923. The highest BCUT2D eigenvalue weighted by atomic mass is 35.5. The minimum atomic E-state index is -0.859. The van der Waals surface area contributed by atoms with E-state index >= 15 is 0 Å². The van der Waals surface area contributed by atoms with E-state index in [1.54, 1.807) is 18.2 Å². The smallest absolute Gasteiger partial charge is 0.304 e. The summed E-state index contributed by atoms with van der Waals surface area (Å²) in [5, 5.41) is 9.95. The van der Waals surface area contributed by atoms with E-state index in [-0.39, 0.29) is 12.2 Å². The van der Waals surface area contributed by atoms with Gasteiger partial charge in [-0.1, -0.05) is 29.8 Å². The lowest BCUT2D eigenvalue weighted by Crippen LogP contribution is -2.28. The highest BCUT2D eigenvalue weighted by molar-refractivity contribution is 6.30. The number of carbonyl (C=O) groups is 1. The van der Waals surface area contributed by atoms with Crippen molar-refractivity contribution in [2.75, 3.05) is 0 Å². The van der Waals surface area contributed by atoms with Gasteiger partial charge in [0.15, 0.2) is 0 Å². The number of benzene rings is 2. The number of fused-ring (bicyclic) bond motifs is 1. The van der Waals surface area contributed by atoms with Crippen LogP contribution < -0.4 is 0 Å². The Morgan fingerprint density at radius 3 is 2.62 bits per heavy atom. The Morgan fingerprint density at radius 1 is 1.24 bits per heavy atom. The summed E-state index contributed by atoms with van der Waals surface area (Å²) in [6.07, 6.45) is 1.34. The van der Waals surface area contributed by atoms with Crippen molar-refractivity contribution in [3.05, 3.63) is 70.0 Å². The average molecular weight is 305 g/mol. The molecule has 1 N–H and O–H groups in total. The lowest BCUT2D eigenvalue weighted by molar-refractivity contribution is -0.138. The number of hydrogen-bond donors (Lipinski definition) is 1. The summed E-state index contributed by atoms with van der Waals surface area (Å²) in [5.41, 5.74) is 2.12. The normalized spacial score (nSPS) is 20.3. The van der Waals surface area contributed by atoms with Gasteiger partial charge in [0.2, 0.25) is 0 Å². The Kier molecular flexibility index (Phi) is 3.46. The lowest BCUT2D eigenvalue weighted by atomic mass is 9.73.